The number of ether oxygens (including phenoxy) is 1. The molecule has 0 aliphatic carbocycles. The monoisotopic (exact) mass is 382 g/mol. The van der Waals surface area contributed by atoms with Gasteiger partial charge in [-0.25, -0.2) is 9.79 Å². The van der Waals surface area contributed by atoms with Gasteiger partial charge in [0.2, 0.25) is 0 Å². The van der Waals surface area contributed by atoms with E-state index in [0.29, 0.717) is 21.2 Å². The minimum absolute atomic E-state index is 0.0143. The summed E-state index contributed by atoms with van der Waals surface area (Å²) in [6.45, 7) is 0. The van der Waals surface area contributed by atoms with E-state index in [1.807, 2.05) is 18.2 Å². The molecule has 0 bridgehead atoms. The quantitative estimate of drug-likeness (QED) is 0.478. The lowest BCUT2D eigenvalue weighted by molar-refractivity contribution is -0.384. The lowest BCUT2D eigenvalue weighted by Crippen LogP contribution is -2.10. The van der Waals surface area contributed by atoms with Crippen molar-refractivity contribution in [3.63, 3.8) is 0 Å². The van der Waals surface area contributed by atoms with Gasteiger partial charge in [-0.1, -0.05) is 30.0 Å². The first-order valence-electron chi connectivity index (χ1n) is 7.79. The third kappa shape index (κ3) is 4.06. The second kappa shape index (κ2) is 7.88. The normalized spacial score (nSPS) is 16.8. The van der Waals surface area contributed by atoms with Gasteiger partial charge in [0.05, 0.1) is 22.6 Å². The largest absolute Gasteiger partial charge is 0.506 e. The van der Waals surface area contributed by atoms with Crippen LogP contribution in [0.1, 0.15) is 5.56 Å². The molecule has 3 rings (SSSR count). The zero-order chi connectivity index (χ0) is 19.4. The number of nitro benzene ring substituents is 1. The van der Waals surface area contributed by atoms with Crippen molar-refractivity contribution in [2.45, 2.75) is 0 Å². The molecule has 8 heteroatoms. The van der Waals surface area contributed by atoms with E-state index in [9.17, 15) is 20.0 Å². The summed E-state index contributed by atoms with van der Waals surface area (Å²) in [6.07, 6.45) is 1.63. The van der Waals surface area contributed by atoms with Gasteiger partial charge in [-0.2, -0.15) is 0 Å². The number of methoxy groups -OCH3 is 1. The molecule has 7 nitrogen and oxygen atoms in total. The summed E-state index contributed by atoms with van der Waals surface area (Å²) in [5, 5.41) is 21.6. The fourth-order valence-electron chi connectivity index (χ4n) is 2.35. The number of rotatable bonds is 4. The minimum Gasteiger partial charge on any atom is -0.506 e. The topological polar surface area (TPSA) is 102 Å². The van der Waals surface area contributed by atoms with Crippen LogP contribution in [0.2, 0.25) is 0 Å². The van der Waals surface area contributed by atoms with Gasteiger partial charge >= 0.3 is 5.97 Å². The second-order valence-corrected chi connectivity index (χ2v) is 6.46. The first kappa shape index (κ1) is 18.4. The Bertz CT molecular complexity index is 979. The Labute approximate surface area is 158 Å². The minimum atomic E-state index is -0.693. The number of thioether (sulfide) groups is 1. The number of nitro groups is 1. The summed E-state index contributed by atoms with van der Waals surface area (Å²) in [4.78, 5) is 27.2. The van der Waals surface area contributed by atoms with Crippen LogP contribution in [0.25, 0.3) is 6.08 Å². The highest BCUT2D eigenvalue weighted by Gasteiger charge is 2.32. The van der Waals surface area contributed by atoms with E-state index in [1.54, 1.807) is 30.3 Å². The zero-order valence-electron chi connectivity index (χ0n) is 14.2. The Morgan fingerprint density at radius 1 is 1.19 bits per heavy atom. The van der Waals surface area contributed by atoms with Gasteiger partial charge in [0.15, 0.2) is 0 Å². The van der Waals surface area contributed by atoms with Gasteiger partial charge in [0.1, 0.15) is 16.4 Å². The molecule has 0 unspecified atom stereocenters. The molecule has 0 radical (unpaired) electrons. The summed E-state index contributed by atoms with van der Waals surface area (Å²) in [6, 6.07) is 14.9. The average molecular weight is 382 g/mol. The number of hydrogen-bond donors (Lipinski definition) is 1. The van der Waals surface area contributed by atoms with Crippen LogP contribution in [0.15, 0.2) is 75.8 Å². The molecule has 0 atom stereocenters. The SMILES string of the molecule is COC(=O)C1=C(O)/C(=C/c2ccc([N+](=O)[O-])cc2)SC1=Nc1ccccc1. The standard InChI is InChI=1S/C19H14N2O5S/c1-26-19(23)16-17(22)15(11-12-7-9-14(10-8-12)21(24)25)27-18(16)20-13-5-3-2-4-6-13/h2-11,22H,1H3/b15-11-,20-18?. The van der Waals surface area contributed by atoms with E-state index >= 15 is 0 Å². The molecule has 2 aromatic rings. The summed E-state index contributed by atoms with van der Waals surface area (Å²) >= 11 is 1.12. The van der Waals surface area contributed by atoms with Crippen LogP contribution in [-0.2, 0) is 9.53 Å². The molecule has 0 fully saturated rings. The molecule has 136 valence electrons. The highest BCUT2D eigenvalue weighted by molar-refractivity contribution is 8.18. The number of aliphatic hydroxyl groups is 1. The van der Waals surface area contributed by atoms with Gasteiger partial charge in [-0.15, -0.1) is 0 Å². The van der Waals surface area contributed by atoms with Crippen LogP contribution in [-0.4, -0.2) is 28.2 Å². The molecule has 1 aliphatic rings. The van der Waals surface area contributed by atoms with Crippen molar-refractivity contribution in [2.75, 3.05) is 7.11 Å². The van der Waals surface area contributed by atoms with Crippen LogP contribution in [0.5, 0.6) is 0 Å². The van der Waals surface area contributed by atoms with Crippen molar-refractivity contribution in [3.05, 3.63) is 86.5 Å². The molecule has 1 aliphatic heterocycles. The third-order valence-electron chi connectivity index (χ3n) is 3.67. The van der Waals surface area contributed by atoms with Crippen molar-refractivity contribution >= 4 is 40.2 Å². The number of hydrogen-bond acceptors (Lipinski definition) is 7. The van der Waals surface area contributed by atoms with E-state index in [2.05, 4.69) is 4.99 Å². The van der Waals surface area contributed by atoms with Crippen LogP contribution in [0.4, 0.5) is 11.4 Å². The Hall–Kier alpha value is -3.39. The number of aliphatic hydroxyl groups excluding tert-OH is 1. The van der Waals surface area contributed by atoms with E-state index in [0.717, 1.165) is 11.8 Å². The van der Waals surface area contributed by atoms with E-state index < -0.39 is 10.9 Å². The number of carbonyl (C=O) groups is 1. The first-order valence-corrected chi connectivity index (χ1v) is 8.61. The average Bonchev–Trinajstić information content (AvgIpc) is 2.97. The fourth-order valence-corrected chi connectivity index (χ4v) is 3.39. The van der Waals surface area contributed by atoms with E-state index in [-0.39, 0.29) is 17.0 Å². The highest BCUT2D eigenvalue weighted by Crippen LogP contribution is 2.40. The number of aliphatic imine (C=N–C) groups is 1. The molecular formula is C19H14N2O5S. The van der Waals surface area contributed by atoms with Crippen molar-refractivity contribution in [1.29, 1.82) is 0 Å². The molecule has 0 saturated heterocycles. The fraction of sp³-hybridized carbons (Fsp3) is 0.0526. The smallest absolute Gasteiger partial charge is 0.344 e. The maximum absolute atomic E-state index is 12.1. The van der Waals surface area contributed by atoms with Crippen molar-refractivity contribution in [2.24, 2.45) is 4.99 Å². The number of para-hydroxylation sites is 1. The summed E-state index contributed by atoms with van der Waals surface area (Å²) in [7, 11) is 1.23. The summed E-state index contributed by atoms with van der Waals surface area (Å²) < 4.78 is 4.76. The van der Waals surface area contributed by atoms with Crippen molar-refractivity contribution in [3.8, 4) is 0 Å². The predicted molar refractivity (Wildman–Crippen MR) is 104 cm³/mol. The number of non-ortho nitro benzene ring substituents is 1. The molecule has 0 aromatic heterocycles. The first-order chi connectivity index (χ1) is 13.0. The number of nitrogens with zero attached hydrogens (tertiary/aromatic N) is 2. The van der Waals surface area contributed by atoms with Gasteiger partial charge in [0.25, 0.3) is 5.69 Å². The van der Waals surface area contributed by atoms with E-state index in [4.69, 9.17) is 4.74 Å². The van der Waals surface area contributed by atoms with Crippen molar-refractivity contribution < 1.29 is 19.6 Å². The van der Waals surface area contributed by atoms with Crippen LogP contribution < -0.4 is 0 Å². The number of benzene rings is 2. The molecule has 0 spiro atoms. The Kier molecular flexibility index (Phi) is 5.37. The summed E-state index contributed by atoms with van der Waals surface area (Å²) in [5.74, 6) is -0.929. The molecule has 0 amide bonds. The second-order valence-electron chi connectivity index (χ2n) is 5.43. The Morgan fingerprint density at radius 3 is 2.44 bits per heavy atom. The highest BCUT2D eigenvalue weighted by atomic mass is 32.2. The Balaban J connectivity index is 2.00. The lowest BCUT2D eigenvalue weighted by Gasteiger charge is -2.01. The molecule has 1 heterocycles. The zero-order valence-corrected chi connectivity index (χ0v) is 15.0. The van der Waals surface area contributed by atoms with Gasteiger partial charge < -0.3 is 9.84 Å². The van der Waals surface area contributed by atoms with Crippen LogP contribution >= 0.6 is 11.8 Å². The Morgan fingerprint density at radius 2 is 1.85 bits per heavy atom. The van der Waals surface area contributed by atoms with Gasteiger partial charge in [0, 0.05) is 12.1 Å². The maximum Gasteiger partial charge on any atom is 0.344 e. The van der Waals surface area contributed by atoms with Crippen molar-refractivity contribution in [1.82, 2.24) is 0 Å². The molecule has 2 aromatic carbocycles. The summed E-state index contributed by atoms with van der Waals surface area (Å²) in [5.41, 5.74) is 1.22. The lowest BCUT2D eigenvalue weighted by atomic mass is 10.1. The third-order valence-corrected chi connectivity index (χ3v) is 4.69. The van der Waals surface area contributed by atoms with Crippen LogP contribution in [0, 0.1) is 10.1 Å². The van der Waals surface area contributed by atoms with Gasteiger partial charge in [-0.3, -0.25) is 10.1 Å². The van der Waals surface area contributed by atoms with Crippen LogP contribution in [0.3, 0.4) is 0 Å². The predicted octanol–water partition coefficient (Wildman–Crippen LogP) is 4.40. The maximum atomic E-state index is 12.1. The molecule has 27 heavy (non-hydrogen) atoms. The molecular weight excluding hydrogens is 368 g/mol. The van der Waals surface area contributed by atoms with Gasteiger partial charge in [-0.05, 0) is 35.9 Å². The molecule has 1 N–H and O–H groups in total. The number of carbonyl (C=O) groups excluding carboxylic acids is 1. The van der Waals surface area contributed by atoms with E-state index in [1.165, 1.54) is 19.2 Å². The molecule has 0 saturated carbocycles. The number of esters is 1.